The van der Waals surface area contributed by atoms with Crippen molar-refractivity contribution in [2.24, 2.45) is 0 Å². The zero-order chi connectivity index (χ0) is 30.8. The number of aromatic nitrogens is 1. The molecule has 0 spiro atoms. The van der Waals surface area contributed by atoms with Crippen molar-refractivity contribution in [2.75, 3.05) is 0 Å². The van der Waals surface area contributed by atoms with Crippen molar-refractivity contribution in [1.29, 1.82) is 0 Å². The second-order valence-corrected chi connectivity index (χ2v) is 13.4. The van der Waals surface area contributed by atoms with Gasteiger partial charge >= 0.3 is 35.5 Å². The molecule has 1 aliphatic rings. The van der Waals surface area contributed by atoms with Gasteiger partial charge in [0.25, 0.3) is 0 Å². The maximum absolute atomic E-state index is 14.7. The summed E-state index contributed by atoms with van der Waals surface area (Å²) in [6.07, 6.45) is -1.19. The number of aliphatic hydroxyl groups is 2. The van der Waals surface area contributed by atoms with E-state index in [1.807, 2.05) is 62.6 Å². The Hall–Kier alpha value is -2.05. The second-order valence-electron chi connectivity index (χ2n) is 11.7. The van der Waals surface area contributed by atoms with Crippen molar-refractivity contribution in [3.8, 4) is 22.4 Å². The third kappa shape index (κ3) is 7.79. The minimum absolute atomic E-state index is 0. The van der Waals surface area contributed by atoms with E-state index in [9.17, 15) is 27.8 Å². The Morgan fingerprint density at radius 2 is 1.56 bits per heavy atom. The number of sulfonamides is 1. The normalized spacial score (nSPS) is 18.9. The number of hydrogen-bond donors (Lipinski definition) is 3. The largest absolute Gasteiger partial charge is 1.00 e. The Bertz CT molecular complexity index is 1490. The first-order chi connectivity index (χ1) is 19.8. The van der Waals surface area contributed by atoms with E-state index in [-0.39, 0.29) is 73.3 Å². The summed E-state index contributed by atoms with van der Waals surface area (Å²) in [6.45, 7) is 7.90. The van der Waals surface area contributed by atoms with Gasteiger partial charge in [-0.3, -0.25) is 4.79 Å². The Morgan fingerprint density at radius 3 is 2.09 bits per heavy atom. The molecule has 0 bridgehead atoms. The first-order valence-electron chi connectivity index (χ1n) is 14.5. The number of hydrogen-bond acceptors (Lipinski definition) is 5. The topological polar surface area (TPSA) is 120 Å². The van der Waals surface area contributed by atoms with Crippen LogP contribution < -0.4 is 29.6 Å². The van der Waals surface area contributed by atoms with E-state index in [0.717, 1.165) is 12.8 Å². The average Bonchev–Trinajstić information content (AvgIpc) is 3.45. The molecule has 0 aliphatic carbocycles. The summed E-state index contributed by atoms with van der Waals surface area (Å²) in [4.78, 5) is 11.2. The van der Waals surface area contributed by atoms with Gasteiger partial charge in [-0.05, 0) is 80.8 Å². The Balaban J connectivity index is 0.00000337. The fraction of sp³-hybridized carbons (Fsp3) is 0.469. The fourth-order valence-corrected chi connectivity index (χ4v) is 8.66. The number of carbonyl (C=O) groups is 1. The molecule has 1 aromatic heterocycles. The third-order valence-corrected chi connectivity index (χ3v) is 10.2. The van der Waals surface area contributed by atoms with Crippen molar-refractivity contribution in [2.45, 2.75) is 101 Å². The second kappa shape index (κ2) is 14.8. The van der Waals surface area contributed by atoms with E-state index >= 15 is 0 Å². The van der Waals surface area contributed by atoms with E-state index < -0.39 is 40.4 Å². The van der Waals surface area contributed by atoms with Gasteiger partial charge < -0.3 is 21.3 Å². The molecule has 11 heteroatoms. The predicted octanol–water partition coefficient (Wildman–Crippen LogP) is 2.74. The van der Waals surface area contributed by atoms with E-state index in [0.29, 0.717) is 28.1 Å². The molecule has 2 aromatic carbocycles. The standard InChI is InChI=1S/C32H41FN2O6S.Na.H/c1-20(2)30-32(42(40,41)35-21(3)10-11-22(35)4)29(23-8-6-5-7-9-23)31(24-12-14-25(33)15-13-24)34(30)17-16-26(36)18-27(37)19-28(38)39;;/h5-9,12-15,20-22,26-27,36-37H,10-11,16-19H2,1-4H3,(H,38,39);;/q;+1;-1/t21-,22-,26+,27+;;/m0../s1. The van der Waals surface area contributed by atoms with Gasteiger partial charge in [-0.25, -0.2) is 12.8 Å². The molecule has 3 N–H and O–H groups in total. The zero-order valence-electron chi connectivity index (χ0n) is 26.6. The maximum Gasteiger partial charge on any atom is 1.00 e. The summed E-state index contributed by atoms with van der Waals surface area (Å²) < 4.78 is 47.0. The number of aliphatic carboxylic acids is 1. The molecular weight excluding hydrogens is 582 g/mol. The molecule has 8 nitrogen and oxygen atoms in total. The first kappa shape index (κ1) is 35.4. The van der Waals surface area contributed by atoms with Gasteiger partial charge in [0, 0.05) is 29.9 Å². The van der Waals surface area contributed by atoms with Crippen LogP contribution in [0.3, 0.4) is 0 Å². The molecule has 0 amide bonds. The van der Waals surface area contributed by atoms with Crippen LogP contribution in [0, 0.1) is 5.82 Å². The number of nitrogens with zero attached hydrogens (tertiary/aromatic N) is 2. The zero-order valence-corrected chi connectivity index (χ0v) is 28.4. The van der Waals surface area contributed by atoms with Gasteiger partial charge in [-0.1, -0.05) is 44.2 Å². The summed E-state index contributed by atoms with van der Waals surface area (Å²) in [6, 6.07) is 14.9. The van der Waals surface area contributed by atoms with Crippen molar-refractivity contribution in [3.63, 3.8) is 0 Å². The Kier molecular flexibility index (Phi) is 12.2. The minimum atomic E-state index is -4.01. The van der Waals surface area contributed by atoms with Crippen LogP contribution in [0.25, 0.3) is 22.4 Å². The molecule has 4 rings (SSSR count). The summed E-state index contributed by atoms with van der Waals surface area (Å²) in [5.74, 6) is -1.82. The van der Waals surface area contributed by atoms with Crippen LogP contribution in [0.5, 0.6) is 0 Å². The summed E-state index contributed by atoms with van der Waals surface area (Å²) in [5, 5.41) is 29.9. The predicted molar refractivity (Wildman–Crippen MR) is 161 cm³/mol. The molecule has 2 heterocycles. The van der Waals surface area contributed by atoms with Gasteiger partial charge in [0.1, 0.15) is 10.7 Å². The summed E-state index contributed by atoms with van der Waals surface area (Å²) in [5.41, 5.74) is 3.03. The van der Waals surface area contributed by atoms with Crippen LogP contribution in [0.2, 0.25) is 0 Å². The van der Waals surface area contributed by atoms with Crippen molar-refractivity contribution >= 4 is 16.0 Å². The molecular formula is C32H42FN2NaO6S. The van der Waals surface area contributed by atoms with Gasteiger partial charge in [0.15, 0.2) is 0 Å². The molecule has 1 fully saturated rings. The van der Waals surface area contributed by atoms with Crippen LogP contribution in [0.1, 0.15) is 72.8 Å². The van der Waals surface area contributed by atoms with Crippen LogP contribution >= 0.6 is 0 Å². The SMILES string of the molecule is CC(C)c1c(S(=O)(=O)N2[C@@H](C)CC[C@@H]2C)c(-c2ccccc2)c(-c2ccc(F)cc2)n1CC[C@@H](O)C[C@@H](O)CC(=O)O.[H-].[Na+]. The van der Waals surface area contributed by atoms with Crippen molar-refractivity contribution in [3.05, 3.63) is 66.1 Å². The summed E-state index contributed by atoms with van der Waals surface area (Å²) in [7, 11) is -4.01. The van der Waals surface area contributed by atoms with E-state index in [2.05, 4.69) is 0 Å². The number of benzene rings is 2. The quantitative estimate of drug-likeness (QED) is 0.267. The maximum atomic E-state index is 14.7. The molecule has 0 radical (unpaired) electrons. The monoisotopic (exact) mass is 624 g/mol. The Morgan fingerprint density at radius 1 is 0.977 bits per heavy atom. The van der Waals surface area contributed by atoms with Gasteiger partial charge in [0.2, 0.25) is 10.0 Å². The third-order valence-electron chi connectivity index (χ3n) is 8.03. The fourth-order valence-electron chi connectivity index (χ4n) is 6.21. The number of carboxylic acids is 1. The molecule has 4 atom stereocenters. The van der Waals surface area contributed by atoms with Gasteiger partial charge in [-0.15, -0.1) is 0 Å². The van der Waals surface area contributed by atoms with E-state index in [1.54, 1.807) is 16.4 Å². The average molecular weight is 625 g/mol. The van der Waals surface area contributed by atoms with E-state index in [4.69, 9.17) is 5.11 Å². The molecule has 43 heavy (non-hydrogen) atoms. The number of aliphatic hydroxyl groups excluding tert-OH is 2. The summed E-state index contributed by atoms with van der Waals surface area (Å²) >= 11 is 0. The van der Waals surface area contributed by atoms with Gasteiger partial charge in [-0.2, -0.15) is 4.31 Å². The van der Waals surface area contributed by atoms with E-state index in [1.165, 1.54) is 12.1 Å². The molecule has 230 valence electrons. The van der Waals surface area contributed by atoms with Crippen LogP contribution in [0.4, 0.5) is 4.39 Å². The van der Waals surface area contributed by atoms with Crippen molar-refractivity contribution in [1.82, 2.24) is 8.87 Å². The molecule has 0 saturated carbocycles. The molecule has 1 aliphatic heterocycles. The molecule has 1 saturated heterocycles. The number of carboxylic acid groups (broad SMARTS) is 1. The first-order valence-corrected chi connectivity index (χ1v) is 16.0. The molecule has 3 aromatic rings. The van der Waals surface area contributed by atoms with Crippen LogP contribution in [-0.4, -0.2) is 62.9 Å². The number of rotatable bonds is 12. The molecule has 0 unspecified atom stereocenters. The Labute approximate surface area is 277 Å². The van der Waals surface area contributed by atoms with Crippen LogP contribution in [0.15, 0.2) is 59.5 Å². The van der Waals surface area contributed by atoms with Crippen molar-refractivity contribution < 1.29 is 63.9 Å². The minimum Gasteiger partial charge on any atom is -1.00 e. The van der Waals surface area contributed by atoms with Crippen LogP contribution in [-0.2, 0) is 21.4 Å². The smallest absolute Gasteiger partial charge is 1.00 e. The number of halogens is 1. The van der Waals surface area contributed by atoms with Gasteiger partial charge in [0.05, 0.1) is 24.3 Å².